The van der Waals surface area contributed by atoms with Gasteiger partial charge in [0.2, 0.25) is 11.8 Å². The van der Waals surface area contributed by atoms with Gasteiger partial charge in [-0.1, -0.05) is 32.0 Å². The molecule has 4 bridgehead atoms. The van der Waals surface area contributed by atoms with Crippen LogP contribution in [0.15, 0.2) is 41.7 Å². The predicted molar refractivity (Wildman–Crippen MR) is 126 cm³/mol. The van der Waals surface area contributed by atoms with Gasteiger partial charge in [-0.25, -0.2) is 14.7 Å². The molecular weight excluding hydrogens is 456 g/mol. The van der Waals surface area contributed by atoms with Crippen molar-refractivity contribution in [2.45, 2.75) is 45.2 Å². The van der Waals surface area contributed by atoms with Crippen LogP contribution in [0.2, 0.25) is 0 Å². The number of benzene rings is 1. The number of aromatic nitrogens is 4. The number of fused-ring (bicyclic) bond motifs is 4. The fourth-order valence-electron chi connectivity index (χ4n) is 3.83. The quantitative estimate of drug-likeness (QED) is 0.582. The maximum absolute atomic E-state index is 13.0. The molecule has 34 heavy (non-hydrogen) atoms. The minimum absolute atomic E-state index is 0.111. The Kier molecular flexibility index (Phi) is 6.47. The number of carbonyl (C=O) groups is 1. The molecule has 0 saturated carbocycles. The highest BCUT2D eigenvalue weighted by molar-refractivity contribution is 7.92. The molecule has 0 fully saturated rings. The zero-order chi connectivity index (χ0) is 24.5. The number of ether oxygens (including phenoxy) is 1. The van der Waals surface area contributed by atoms with E-state index in [2.05, 4.69) is 30.0 Å². The lowest BCUT2D eigenvalue weighted by Gasteiger charge is -2.21. The summed E-state index contributed by atoms with van der Waals surface area (Å²) in [6.07, 6.45) is 2.92. The third-order valence-electron chi connectivity index (χ3n) is 5.31. The monoisotopic (exact) mass is 482 g/mol. The van der Waals surface area contributed by atoms with Crippen LogP contribution in [-0.4, -0.2) is 46.9 Å². The largest absolute Gasteiger partial charge is 0.475 e. The first-order valence-corrected chi connectivity index (χ1v) is 12.3. The SMILES string of the molecule is Cc1cccc(C)c1-c1cc2nc(n1)NS(=O)(=O)c1cncc(n1)C(=O)N[C@H](CC(C)C)CO2. The van der Waals surface area contributed by atoms with Crippen molar-refractivity contribution in [1.29, 1.82) is 0 Å². The predicted octanol–water partition coefficient (Wildman–Crippen LogP) is 2.89. The molecule has 0 radical (unpaired) electrons. The van der Waals surface area contributed by atoms with Crippen molar-refractivity contribution in [3.05, 3.63) is 53.5 Å². The van der Waals surface area contributed by atoms with E-state index in [1.54, 1.807) is 6.07 Å². The maximum Gasteiger partial charge on any atom is 0.283 e. The molecule has 3 aromatic rings. The van der Waals surface area contributed by atoms with E-state index < -0.39 is 21.0 Å². The average molecular weight is 483 g/mol. The minimum Gasteiger partial charge on any atom is -0.475 e. The van der Waals surface area contributed by atoms with E-state index in [4.69, 9.17) is 4.74 Å². The normalized spacial score (nSPS) is 17.4. The van der Waals surface area contributed by atoms with Crippen molar-refractivity contribution in [3.63, 3.8) is 0 Å². The summed E-state index contributed by atoms with van der Waals surface area (Å²) in [4.78, 5) is 29.4. The highest BCUT2D eigenvalue weighted by Gasteiger charge is 2.24. The zero-order valence-electron chi connectivity index (χ0n) is 19.4. The molecule has 1 aliphatic rings. The van der Waals surface area contributed by atoms with Gasteiger partial charge in [0, 0.05) is 11.6 Å². The second-order valence-corrected chi connectivity index (χ2v) is 10.3. The number of amides is 1. The first-order chi connectivity index (χ1) is 16.1. The zero-order valence-corrected chi connectivity index (χ0v) is 20.2. The number of nitrogens with one attached hydrogen (secondary N) is 2. The van der Waals surface area contributed by atoms with Crippen molar-refractivity contribution in [2.24, 2.45) is 5.92 Å². The van der Waals surface area contributed by atoms with Crippen molar-refractivity contribution >= 4 is 21.9 Å². The molecule has 0 aliphatic carbocycles. The summed E-state index contributed by atoms with van der Waals surface area (Å²) < 4.78 is 34.3. The molecule has 1 aliphatic heterocycles. The van der Waals surface area contributed by atoms with Gasteiger partial charge in [0.05, 0.1) is 24.1 Å². The Morgan fingerprint density at radius 1 is 1.09 bits per heavy atom. The standard InChI is InChI=1S/C23H26N6O4S/c1-13(2)8-16-12-33-19-9-17(21-14(3)6-5-7-15(21)4)27-23(28-19)29-34(31,32)20-11-24-10-18(26-20)22(30)25-16/h5-7,9-11,13,16H,8,12H2,1-4H3,(H,25,30)(H,27,28,29)/t16-/m1/s1. The Morgan fingerprint density at radius 2 is 1.82 bits per heavy atom. The van der Waals surface area contributed by atoms with Gasteiger partial charge >= 0.3 is 0 Å². The molecule has 3 heterocycles. The van der Waals surface area contributed by atoms with E-state index in [1.165, 1.54) is 6.20 Å². The number of hydrogen-bond donors (Lipinski definition) is 2. The summed E-state index contributed by atoms with van der Waals surface area (Å²) in [5, 5.41) is 2.46. The van der Waals surface area contributed by atoms with Crippen LogP contribution in [-0.2, 0) is 10.0 Å². The molecule has 10 nitrogen and oxygen atoms in total. The fraction of sp³-hybridized carbons (Fsp3) is 0.348. The lowest BCUT2D eigenvalue weighted by Crippen LogP contribution is -2.40. The van der Waals surface area contributed by atoms with Gasteiger partial charge in [0.25, 0.3) is 15.9 Å². The first-order valence-electron chi connectivity index (χ1n) is 10.9. The second kappa shape index (κ2) is 9.34. The van der Waals surface area contributed by atoms with Gasteiger partial charge in [0.15, 0.2) is 5.03 Å². The lowest BCUT2D eigenvalue weighted by atomic mass is 10.00. The van der Waals surface area contributed by atoms with Crippen LogP contribution >= 0.6 is 0 Å². The molecule has 1 amide bonds. The van der Waals surface area contributed by atoms with Crippen molar-refractivity contribution in [1.82, 2.24) is 25.3 Å². The Morgan fingerprint density at radius 3 is 2.53 bits per heavy atom. The van der Waals surface area contributed by atoms with Crippen LogP contribution < -0.4 is 14.8 Å². The van der Waals surface area contributed by atoms with E-state index >= 15 is 0 Å². The van der Waals surface area contributed by atoms with E-state index in [0.717, 1.165) is 22.9 Å². The number of nitrogens with zero attached hydrogens (tertiary/aromatic N) is 4. The molecule has 0 spiro atoms. The van der Waals surface area contributed by atoms with Crippen LogP contribution in [0, 0.1) is 19.8 Å². The van der Waals surface area contributed by atoms with E-state index in [1.807, 2.05) is 45.9 Å². The number of rotatable bonds is 3. The average Bonchev–Trinajstić information content (AvgIpc) is 2.76. The van der Waals surface area contributed by atoms with Crippen molar-refractivity contribution in [2.75, 3.05) is 11.3 Å². The molecule has 2 N–H and O–H groups in total. The molecular formula is C23H26N6O4S. The summed E-state index contributed by atoms with van der Waals surface area (Å²) in [5.41, 5.74) is 3.20. The minimum atomic E-state index is -4.22. The molecule has 1 atom stereocenters. The van der Waals surface area contributed by atoms with Gasteiger partial charge in [-0.2, -0.15) is 13.4 Å². The maximum atomic E-state index is 13.0. The highest BCUT2D eigenvalue weighted by atomic mass is 32.2. The van der Waals surface area contributed by atoms with Crippen LogP contribution in [0.3, 0.4) is 0 Å². The Bertz CT molecular complexity index is 1320. The van der Waals surface area contributed by atoms with Gasteiger partial charge in [-0.15, -0.1) is 0 Å². The van der Waals surface area contributed by atoms with Crippen LogP contribution in [0.25, 0.3) is 11.3 Å². The van der Waals surface area contributed by atoms with Crippen LogP contribution in [0.1, 0.15) is 41.9 Å². The molecule has 11 heteroatoms. The van der Waals surface area contributed by atoms with E-state index in [9.17, 15) is 13.2 Å². The Balaban J connectivity index is 1.85. The van der Waals surface area contributed by atoms with Crippen molar-refractivity contribution in [3.8, 4) is 17.1 Å². The Labute approximate surface area is 198 Å². The molecule has 178 valence electrons. The molecule has 0 saturated heterocycles. The van der Waals surface area contributed by atoms with Gasteiger partial charge in [-0.3, -0.25) is 9.78 Å². The molecule has 1 aromatic carbocycles. The van der Waals surface area contributed by atoms with Gasteiger partial charge < -0.3 is 10.1 Å². The summed E-state index contributed by atoms with van der Waals surface area (Å²) in [5.74, 6) is -0.242. The summed E-state index contributed by atoms with van der Waals surface area (Å²) in [6.45, 7) is 8.10. The lowest BCUT2D eigenvalue weighted by molar-refractivity contribution is 0.0907. The number of hydrogen-bond acceptors (Lipinski definition) is 8. The molecule has 0 unspecified atom stereocenters. The molecule has 4 rings (SSSR count). The van der Waals surface area contributed by atoms with Crippen LogP contribution in [0.4, 0.5) is 5.95 Å². The second-order valence-electron chi connectivity index (χ2n) is 8.64. The van der Waals surface area contributed by atoms with E-state index in [-0.39, 0.29) is 36.1 Å². The van der Waals surface area contributed by atoms with E-state index in [0.29, 0.717) is 12.1 Å². The summed E-state index contributed by atoms with van der Waals surface area (Å²) in [7, 11) is -4.22. The fourth-order valence-corrected chi connectivity index (χ4v) is 4.69. The van der Waals surface area contributed by atoms with Crippen molar-refractivity contribution < 1.29 is 17.9 Å². The third-order valence-corrected chi connectivity index (χ3v) is 6.51. The smallest absolute Gasteiger partial charge is 0.283 e. The summed E-state index contributed by atoms with van der Waals surface area (Å²) in [6, 6.07) is 7.15. The number of sulfonamides is 1. The van der Waals surface area contributed by atoms with Gasteiger partial charge in [-0.05, 0) is 37.3 Å². The number of aryl methyl sites for hydroxylation is 2. The topological polar surface area (TPSA) is 136 Å². The van der Waals surface area contributed by atoms with Crippen LogP contribution in [0.5, 0.6) is 5.88 Å². The highest BCUT2D eigenvalue weighted by Crippen LogP contribution is 2.29. The Hall–Kier alpha value is -3.60. The first kappa shape index (κ1) is 23.6. The van der Waals surface area contributed by atoms with Gasteiger partial charge in [0.1, 0.15) is 12.3 Å². The number of carbonyl (C=O) groups excluding carboxylic acids is 1. The summed E-state index contributed by atoms with van der Waals surface area (Å²) >= 11 is 0. The third kappa shape index (κ3) is 5.14. The molecule has 2 aromatic heterocycles. The number of anilines is 1.